The number of benzene rings is 2. The van der Waals surface area contributed by atoms with Gasteiger partial charge in [-0.05, 0) is 11.1 Å². The molecule has 0 aliphatic heterocycles. The second kappa shape index (κ2) is 11.5. The van der Waals surface area contributed by atoms with Crippen molar-refractivity contribution >= 4 is 17.9 Å². The molecule has 0 saturated heterocycles. The Morgan fingerprint density at radius 3 is 2.14 bits per heavy atom. The van der Waals surface area contributed by atoms with E-state index in [2.05, 4.69) is 10.6 Å². The number of aliphatic hydroxyl groups is 1. The first-order chi connectivity index (χ1) is 13.9. The number of primary amides is 1. The Balaban J connectivity index is 1.71. The summed E-state index contributed by atoms with van der Waals surface area (Å²) in [6, 6.07) is 17.4. The van der Waals surface area contributed by atoms with Crippen LogP contribution in [-0.4, -0.2) is 41.7 Å². The van der Waals surface area contributed by atoms with E-state index < -0.39 is 30.1 Å². The molecular formula is C21H25N3O5. The van der Waals surface area contributed by atoms with Crippen LogP contribution in [0.4, 0.5) is 4.79 Å². The van der Waals surface area contributed by atoms with E-state index in [-0.39, 0.29) is 26.0 Å². The van der Waals surface area contributed by atoms with Crippen molar-refractivity contribution in [3.05, 3.63) is 71.8 Å². The van der Waals surface area contributed by atoms with Crippen LogP contribution in [0.25, 0.3) is 0 Å². The molecule has 0 aliphatic rings. The normalized spacial score (nSPS) is 12.4. The Hall–Kier alpha value is -3.39. The van der Waals surface area contributed by atoms with Crippen LogP contribution in [0.15, 0.2) is 60.7 Å². The van der Waals surface area contributed by atoms with Crippen LogP contribution in [0.3, 0.4) is 0 Å². The Labute approximate surface area is 169 Å². The number of carbonyl (C=O) groups excluding carboxylic acids is 3. The van der Waals surface area contributed by atoms with Crippen LogP contribution in [-0.2, 0) is 27.4 Å². The summed E-state index contributed by atoms with van der Waals surface area (Å²) in [5.74, 6) is -1.21. The summed E-state index contributed by atoms with van der Waals surface area (Å²) in [5, 5.41) is 14.9. The van der Waals surface area contributed by atoms with Crippen LogP contribution >= 0.6 is 0 Å². The summed E-state index contributed by atoms with van der Waals surface area (Å²) in [6.45, 7) is -0.0655. The van der Waals surface area contributed by atoms with Gasteiger partial charge in [-0.25, -0.2) is 4.79 Å². The monoisotopic (exact) mass is 399 g/mol. The van der Waals surface area contributed by atoms with E-state index in [1.54, 1.807) is 0 Å². The van der Waals surface area contributed by atoms with Gasteiger partial charge >= 0.3 is 6.09 Å². The molecule has 2 aromatic rings. The lowest BCUT2D eigenvalue weighted by atomic mass is 10.1. The summed E-state index contributed by atoms with van der Waals surface area (Å²) in [4.78, 5) is 35.4. The van der Waals surface area contributed by atoms with Gasteiger partial charge in [0.15, 0.2) is 0 Å². The van der Waals surface area contributed by atoms with Gasteiger partial charge in [0, 0.05) is 13.0 Å². The predicted octanol–water partition coefficient (Wildman–Crippen LogP) is 0.877. The molecule has 0 bridgehead atoms. The van der Waals surface area contributed by atoms with E-state index in [9.17, 15) is 19.5 Å². The number of carbonyl (C=O) groups is 3. The molecule has 5 N–H and O–H groups in total. The van der Waals surface area contributed by atoms with E-state index in [0.29, 0.717) is 0 Å². The lowest BCUT2D eigenvalue weighted by Crippen LogP contribution is -2.47. The SMILES string of the molecule is NC(=O)[C@H](Cc1ccccc1)NC(=O)C[C@H](O)CNC(=O)OCc1ccccc1. The number of nitrogens with two attached hydrogens (primary N) is 1. The molecule has 29 heavy (non-hydrogen) atoms. The standard InChI is InChI=1S/C21H25N3O5/c22-20(27)18(11-15-7-3-1-4-8-15)24-19(26)12-17(25)13-23-21(28)29-14-16-9-5-2-6-10-16/h1-10,17-18,25H,11-14H2,(H2,22,27)(H,23,28)(H,24,26)/t17-,18-/m0/s1. The number of ether oxygens (including phenoxy) is 1. The fraction of sp³-hybridized carbons (Fsp3) is 0.286. The molecular weight excluding hydrogens is 374 g/mol. The third-order valence-corrected chi connectivity index (χ3v) is 4.08. The highest BCUT2D eigenvalue weighted by molar-refractivity contribution is 5.87. The van der Waals surface area contributed by atoms with Gasteiger partial charge in [0.2, 0.25) is 11.8 Å². The van der Waals surface area contributed by atoms with Gasteiger partial charge in [0.05, 0.1) is 12.5 Å². The van der Waals surface area contributed by atoms with Gasteiger partial charge in [-0.2, -0.15) is 0 Å². The smallest absolute Gasteiger partial charge is 0.407 e. The minimum absolute atomic E-state index is 0.100. The highest BCUT2D eigenvalue weighted by Crippen LogP contribution is 2.04. The molecule has 2 aromatic carbocycles. The van der Waals surface area contributed by atoms with Crippen molar-refractivity contribution < 1.29 is 24.2 Å². The van der Waals surface area contributed by atoms with Gasteiger partial charge in [0.25, 0.3) is 0 Å². The number of alkyl carbamates (subject to hydrolysis) is 1. The van der Waals surface area contributed by atoms with Crippen LogP contribution in [0.5, 0.6) is 0 Å². The van der Waals surface area contributed by atoms with Crippen LogP contribution < -0.4 is 16.4 Å². The number of aliphatic hydroxyl groups excluding tert-OH is 1. The zero-order valence-corrected chi connectivity index (χ0v) is 15.9. The first-order valence-corrected chi connectivity index (χ1v) is 9.19. The van der Waals surface area contributed by atoms with Gasteiger partial charge < -0.3 is 26.2 Å². The zero-order valence-electron chi connectivity index (χ0n) is 15.9. The van der Waals surface area contributed by atoms with Crippen molar-refractivity contribution in [2.45, 2.75) is 31.6 Å². The summed E-state index contributed by atoms with van der Waals surface area (Å²) in [7, 11) is 0. The quantitative estimate of drug-likeness (QED) is 0.471. The first-order valence-electron chi connectivity index (χ1n) is 9.19. The van der Waals surface area contributed by atoms with E-state index in [4.69, 9.17) is 10.5 Å². The molecule has 2 atom stereocenters. The minimum Gasteiger partial charge on any atom is -0.445 e. The fourth-order valence-electron chi connectivity index (χ4n) is 2.59. The summed E-state index contributed by atoms with van der Waals surface area (Å²) < 4.78 is 5.02. The van der Waals surface area contributed by atoms with E-state index in [1.165, 1.54) is 0 Å². The Morgan fingerprint density at radius 2 is 1.55 bits per heavy atom. The molecule has 3 amide bonds. The average Bonchev–Trinajstić information content (AvgIpc) is 2.71. The summed E-state index contributed by atoms with van der Waals surface area (Å²) in [6.07, 6.45) is -1.88. The maximum absolute atomic E-state index is 12.1. The molecule has 0 saturated carbocycles. The molecule has 8 nitrogen and oxygen atoms in total. The number of nitrogens with one attached hydrogen (secondary N) is 2. The number of hydrogen-bond donors (Lipinski definition) is 4. The molecule has 0 spiro atoms. The molecule has 0 radical (unpaired) electrons. The Kier molecular flexibility index (Phi) is 8.65. The average molecular weight is 399 g/mol. The van der Waals surface area contributed by atoms with Gasteiger partial charge in [0.1, 0.15) is 12.6 Å². The highest BCUT2D eigenvalue weighted by atomic mass is 16.5. The molecule has 0 aromatic heterocycles. The predicted molar refractivity (Wildman–Crippen MR) is 107 cm³/mol. The number of amides is 3. The van der Waals surface area contributed by atoms with Crippen LogP contribution in [0.2, 0.25) is 0 Å². The number of hydrogen-bond acceptors (Lipinski definition) is 5. The molecule has 0 unspecified atom stereocenters. The second-order valence-electron chi connectivity index (χ2n) is 6.51. The molecule has 0 aliphatic carbocycles. The summed E-state index contributed by atoms with van der Waals surface area (Å²) >= 11 is 0. The lowest BCUT2D eigenvalue weighted by Gasteiger charge is -2.17. The topological polar surface area (TPSA) is 131 Å². The lowest BCUT2D eigenvalue weighted by molar-refractivity contribution is -0.128. The molecule has 8 heteroatoms. The molecule has 0 heterocycles. The van der Waals surface area contributed by atoms with Gasteiger partial charge in [-0.1, -0.05) is 60.7 Å². The molecule has 0 fully saturated rings. The first kappa shape index (κ1) is 21.9. The zero-order chi connectivity index (χ0) is 21.1. The third kappa shape index (κ3) is 8.44. The Bertz CT molecular complexity index is 798. The maximum atomic E-state index is 12.1. The van der Waals surface area contributed by atoms with E-state index >= 15 is 0 Å². The molecule has 154 valence electrons. The third-order valence-electron chi connectivity index (χ3n) is 4.08. The van der Waals surface area contributed by atoms with Crippen molar-refractivity contribution in [1.29, 1.82) is 0 Å². The summed E-state index contributed by atoms with van der Waals surface area (Å²) in [5.41, 5.74) is 7.03. The van der Waals surface area contributed by atoms with Crippen molar-refractivity contribution in [3.63, 3.8) is 0 Å². The molecule has 2 rings (SSSR count). The van der Waals surface area contributed by atoms with Crippen molar-refractivity contribution in [3.8, 4) is 0 Å². The fourth-order valence-corrected chi connectivity index (χ4v) is 2.59. The van der Waals surface area contributed by atoms with Crippen LogP contribution in [0, 0.1) is 0 Å². The largest absolute Gasteiger partial charge is 0.445 e. The number of rotatable bonds is 10. The van der Waals surface area contributed by atoms with Gasteiger partial charge in [-0.3, -0.25) is 9.59 Å². The van der Waals surface area contributed by atoms with Crippen molar-refractivity contribution in [2.24, 2.45) is 5.73 Å². The maximum Gasteiger partial charge on any atom is 0.407 e. The van der Waals surface area contributed by atoms with Crippen LogP contribution in [0.1, 0.15) is 17.5 Å². The minimum atomic E-state index is -1.13. The Morgan fingerprint density at radius 1 is 0.966 bits per heavy atom. The van der Waals surface area contributed by atoms with Crippen molar-refractivity contribution in [2.75, 3.05) is 6.54 Å². The highest BCUT2D eigenvalue weighted by Gasteiger charge is 2.20. The van der Waals surface area contributed by atoms with E-state index in [1.807, 2.05) is 60.7 Å². The second-order valence-corrected chi connectivity index (χ2v) is 6.51. The van der Waals surface area contributed by atoms with Crippen molar-refractivity contribution in [1.82, 2.24) is 10.6 Å². The van der Waals surface area contributed by atoms with E-state index in [0.717, 1.165) is 11.1 Å². The van der Waals surface area contributed by atoms with Gasteiger partial charge in [-0.15, -0.1) is 0 Å².